The topological polar surface area (TPSA) is 29.9 Å². The molecule has 3 nitrogen and oxygen atoms in total. The number of halogens is 1. The Morgan fingerprint density at radius 1 is 1.29 bits per heavy atom. The third-order valence-electron chi connectivity index (χ3n) is 2.70. The Labute approximate surface area is 110 Å². The summed E-state index contributed by atoms with van der Waals surface area (Å²) in [6.45, 7) is 5.11. The van der Waals surface area contributed by atoms with Crippen molar-refractivity contribution in [2.24, 2.45) is 0 Å². The average Bonchev–Trinajstić information content (AvgIpc) is 2.77. The van der Waals surface area contributed by atoms with Gasteiger partial charge in [0.2, 0.25) is 0 Å². The van der Waals surface area contributed by atoms with Crippen molar-refractivity contribution in [2.45, 2.75) is 26.4 Å². The molecule has 0 fully saturated rings. The van der Waals surface area contributed by atoms with E-state index in [9.17, 15) is 0 Å². The lowest BCUT2D eigenvalue weighted by molar-refractivity contribution is 0.659. The first-order valence-electron chi connectivity index (χ1n) is 5.74. The van der Waals surface area contributed by atoms with E-state index in [1.165, 1.54) is 5.56 Å². The predicted octanol–water partition coefficient (Wildman–Crippen LogP) is 3.84. The van der Waals surface area contributed by atoms with Crippen molar-refractivity contribution in [3.63, 3.8) is 0 Å². The van der Waals surface area contributed by atoms with E-state index in [0.717, 1.165) is 16.8 Å². The fraction of sp³-hybridized carbons (Fsp3) is 0.308. The minimum absolute atomic E-state index is 0.253. The van der Waals surface area contributed by atoms with E-state index in [1.807, 2.05) is 16.9 Å². The van der Waals surface area contributed by atoms with Crippen molar-refractivity contribution < 1.29 is 0 Å². The molecule has 0 radical (unpaired) electrons. The number of rotatable bonds is 4. The first kappa shape index (κ1) is 12.2. The highest BCUT2D eigenvalue weighted by atomic mass is 79.9. The molecule has 0 aliphatic rings. The Kier molecular flexibility index (Phi) is 3.84. The molecule has 0 aliphatic heterocycles. The second kappa shape index (κ2) is 5.36. The van der Waals surface area contributed by atoms with Crippen molar-refractivity contribution in [3.05, 3.63) is 46.6 Å². The van der Waals surface area contributed by atoms with Crippen molar-refractivity contribution in [3.8, 4) is 0 Å². The van der Waals surface area contributed by atoms with Gasteiger partial charge in [-0.3, -0.25) is 4.68 Å². The van der Waals surface area contributed by atoms with Crippen LogP contribution in [0.4, 0.5) is 5.82 Å². The summed E-state index contributed by atoms with van der Waals surface area (Å²) in [5.74, 6) is 0.919. The maximum Gasteiger partial charge on any atom is 0.148 e. The number of nitrogens with one attached hydrogen (secondary N) is 1. The molecule has 1 aromatic carbocycles. The van der Waals surface area contributed by atoms with Crippen molar-refractivity contribution >= 4 is 21.7 Å². The lowest BCUT2D eigenvalue weighted by Gasteiger charge is -2.13. The Hall–Kier alpha value is -1.29. The Morgan fingerprint density at radius 3 is 2.59 bits per heavy atom. The Bertz CT molecular complexity index is 476. The minimum atomic E-state index is 0.253. The van der Waals surface area contributed by atoms with Gasteiger partial charge < -0.3 is 5.32 Å². The number of hydrogen-bond acceptors (Lipinski definition) is 2. The van der Waals surface area contributed by atoms with Crippen LogP contribution in [0.25, 0.3) is 0 Å². The maximum atomic E-state index is 4.41. The van der Waals surface area contributed by atoms with Gasteiger partial charge in [-0.2, -0.15) is 5.10 Å². The van der Waals surface area contributed by atoms with E-state index < -0.39 is 0 Å². The van der Waals surface area contributed by atoms with Gasteiger partial charge in [-0.15, -0.1) is 0 Å². The van der Waals surface area contributed by atoms with Gasteiger partial charge >= 0.3 is 0 Å². The minimum Gasteiger partial charge on any atom is -0.362 e. The first-order valence-corrected chi connectivity index (χ1v) is 6.54. The normalized spacial score (nSPS) is 12.4. The Balaban J connectivity index is 2.05. The highest BCUT2D eigenvalue weighted by Gasteiger charge is 2.06. The number of aryl methyl sites for hydroxylation is 1. The Morgan fingerprint density at radius 2 is 2.00 bits per heavy atom. The van der Waals surface area contributed by atoms with Crippen LogP contribution in [-0.4, -0.2) is 9.78 Å². The zero-order valence-electron chi connectivity index (χ0n) is 10.0. The fourth-order valence-corrected chi connectivity index (χ4v) is 1.94. The lowest BCUT2D eigenvalue weighted by Crippen LogP contribution is -2.07. The van der Waals surface area contributed by atoms with Gasteiger partial charge in [0.05, 0.1) is 0 Å². The van der Waals surface area contributed by atoms with Gasteiger partial charge in [0.25, 0.3) is 0 Å². The quantitative estimate of drug-likeness (QED) is 0.928. The molecule has 90 valence electrons. The number of hydrogen-bond donors (Lipinski definition) is 1. The highest BCUT2D eigenvalue weighted by Crippen LogP contribution is 2.20. The summed E-state index contributed by atoms with van der Waals surface area (Å²) in [5.41, 5.74) is 1.25. The van der Waals surface area contributed by atoms with Crippen LogP contribution >= 0.6 is 15.9 Å². The molecule has 2 aromatic rings. The zero-order valence-corrected chi connectivity index (χ0v) is 11.6. The second-order valence-electron chi connectivity index (χ2n) is 3.97. The third-order valence-corrected chi connectivity index (χ3v) is 3.23. The molecule has 0 spiro atoms. The van der Waals surface area contributed by atoms with Crippen LogP contribution in [0.3, 0.4) is 0 Å². The predicted molar refractivity (Wildman–Crippen MR) is 74.1 cm³/mol. The molecule has 1 aromatic heterocycles. The summed E-state index contributed by atoms with van der Waals surface area (Å²) in [6.07, 6.45) is 1.98. The van der Waals surface area contributed by atoms with Crippen LogP contribution in [0.1, 0.15) is 25.5 Å². The van der Waals surface area contributed by atoms with E-state index >= 15 is 0 Å². The van der Waals surface area contributed by atoms with Gasteiger partial charge in [-0.25, -0.2) is 0 Å². The second-order valence-corrected chi connectivity index (χ2v) is 4.89. The molecule has 0 aliphatic carbocycles. The van der Waals surface area contributed by atoms with Crippen molar-refractivity contribution in [2.75, 3.05) is 5.32 Å². The van der Waals surface area contributed by atoms with Crippen LogP contribution in [0.2, 0.25) is 0 Å². The van der Waals surface area contributed by atoms with E-state index in [1.54, 1.807) is 0 Å². The van der Waals surface area contributed by atoms with Crippen LogP contribution < -0.4 is 5.32 Å². The van der Waals surface area contributed by atoms with Gasteiger partial charge in [-0.1, -0.05) is 28.1 Å². The molecule has 0 bridgehead atoms. The fourth-order valence-electron chi connectivity index (χ4n) is 1.67. The maximum absolute atomic E-state index is 4.41. The largest absolute Gasteiger partial charge is 0.362 e. The number of aromatic nitrogens is 2. The summed E-state index contributed by atoms with van der Waals surface area (Å²) >= 11 is 3.44. The molecule has 1 heterocycles. The van der Waals surface area contributed by atoms with E-state index in [4.69, 9.17) is 0 Å². The van der Waals surface area contributed by atoms with E-state index in [2.05, 4.69) is 64.5 Å². The molecule has 1 atom stereocenters. The number of nitrogens with zero attached hydrogens (tertiary/aromatic N) is 2. The molecule has 1 unspecified atom stereocenters. The highest BCUT2D eigenvalue weighted by molar-refractivity contribution is 9.10. The SMILES string of the molecule is CCn1ccc(NC(C)c2ccc(Br)cc2)n1. The molecule has 0 amide bonds. The molecule has 4 heteroatoms. The summed E-state index contributed by atoms with van der Waals surface area (Å²) in [4.78, 5) is 0. The first-order chi connectivity index (χ1) is 8.19. The summed E-state index contributed by atoms with van der Waals surface area (Å²) in [6, 6.07) is 10.6. The van der Waals surface area contributed by atoms with Gasteiger partial charge in [-0.05, 0) is 31.5 Å². The van der Waals surface area contributed by atoms with Gasteiger partial charge in [0.1, 0.15) is 5.82 Å². The van der Waals surface area contributed by atoms with Crippen molar-refractivity contribution in [1.82, 2.24) is 9.78 Å². The molecule has 0 saturated heterocycles. The monoisotopic (exact) mass is 293 g/mol. The van der Waals surface area contributed by atoms with E-state index in [0.29, 0.717) is 0 Å². The molecular weight excluding hydrogens is 278 g/mol. The molecule has 2 rings (SSSR count). The number of anilines is 1. The summed E-state index contributed by atoms with van der Waals surface area (Å²) in [7, 11) is 0. The van der Waals surface area contributed by atoms with Gasteiger partial charge in [0, 0.05) is 29.3 Å². The van der Waals surface area contributed by atoms with Crippen LogP contribution in [-0.2, 0) is 6.54 Å². The molecular formula is C13H16BrN3. The number of benzene rings is 1. The standard InChI is InChI=1S/C13H16BrN3/c1-3-17-9-8-13(16-17)15-10(2)11-4-6-12(14)7-5-11/h4-10H,3H2,1-2H3,(H,15,16). The lowest BCUT2D eigenvalue weighted by atomic mass is 10.1. The third kappa shape index (κ3) is 3.09. The summed E-state index contributed by atoms with van der Waals surface area (Å²) < 4.78 is 3.01. The van der Waals surface area contributed by atoms with Crippen LogP contribution in [0, 0.1) is 0 Å². The zero-order chi connectivity index (χ0) is 12.3. The van der Waals surface area contributed by atoms with Crippen molar-refractivity contribution in [1.29, 1.82) is 0 Å². The summed E-state index contributed by atoms with van der Waals surface area (Å²) in [5, 5.41) is 7.79. The average molecular weight is 294 g/mol. The smallest absolute Gasteiger partial charge is 0.148 e. The van der Waals surface area contributed by atoms with E-state index in [-0.39, 0.29) is 6.04 Å². The van der Waals surface area contributed by atoms with Gasteiger partial charge in [0.15, 0.2) is 0 Å². The molecule has 1 N–H and O–H groups in total. The molecule has 17 heavy (non-hydrogen) atoms. The molecule has 0 saturated carbocycles. The van der Waals surface area contributed by atoms with Crippen LogP contribution in [0.5, 0.6) is 0 Å². The van der Waals surface area contributed by atoms with Crippen LogP contribution in [0.15, 0.2) is 41.0 Å².